The molecule has 0 aromatic heterocycles. The standard InChI is InChI=1S/C17H25ClN2O/c1-13-9-15(18)10-14(16(13)21)11-19-12-17(20(2)3)7-5-4-6-8-17/h9-11,21H,4-8,12H2,1-3H3/b19-11+. The molecule has 1 aliphatic carbocycles. The maximum absolute atomic E-state index is 10.1. The van der Waals surface area contributed by atoms with Gasteiger partial charge in [0.1, 0.15) is 5.75 Å². The Morgan fingerprint density at radius 1 is 1.29 bits per heavy atom. The van der Waals surface area contributed by atoms with Crippen LogP contribution in [0, 0.1) is 6.92 Å². The van der Waals surface area contributed by atoms with E-state index in [9.17, 15) is 5.11 Å². The Bertz CT molecular complexity index is 520. The zero-order chi connectivity index (χ0) is 15.5. The van der Waals surface area contributed by atoms with Gasteiger partial charge in [0.2, 0.25) is 0 Å². The monoisotopic (exact) mass is 308 g/mol. The smallest absolute Gasteiger partial charge is 0.127 e. The van der Waals surface area contributed by atoms with E-state index in [0.29, 0.717) is 10.6 Å². The molecule has 0 atom stereocenters. The van der Waals surface area contributed by atoms with Crippen molar-refractivity contribution in [1.29, 1.82) is 0 Å². The lowest BCUT2D eigenvalue weighted by molar-refractivity contribution is 0.110. The van der Waals surface area contributed by atoms with Gasteiger partial charge in [0.15, 0.2) is 0 Å². The summed E-state index contributed by atoms with van der Waals surface area (Å²) in [6, 6.07) is 3.52. The molecular weight excluding hydrogens is 284 g/mol. The number of phenols is 1. The Morgan fingerprint density at radius 3 is 2.57 bits per heavy atom. The Morgan fingerprint density at radius 2 is 1.95 bits per heavy atom. The van der Waals surface area contributed by atoms with E-state index in [1.165, 1.54) is 32.1 Å². The largest absolute Gasteiger partial charge is 0.507 e. The third-order valence-electron chi connectivity index (χ3n) is 4.64. The molecule has 1 aromatic carbocycles. The summed E-state index contributed by atoms with van der Waals surface area (Å²) in [4.78, 5) is 6.93. The van der Waals surface area contributed by atoms with Crippen LogP contribution in [-0.4, -0.2) is 42.4 Å². The van der Waals surface area contributed by atoms with Crippen LogP contribution in [0.25, 0.3) is 0 Å². The van der Waals surface area contributed by atoms with Crippen LogP contribution in [-0.2, 0) is 0 Å². The van der Waals surface area contributed by atoms with Crippen molar-refractivity contribution in [3.8, 4) is 5.75 Å². The Balaban J connectivity index is 2.14. The number of halogens is 1. The maximum atomic E-state index is 10.1. The van der Waals surface area contributed by atoms with Crippen LogP contribution >= 0.6 is 11.6 Å². The summed E-state index contributed by atoms with van der Waals surface area (Å²) < 4.78 is 0. The summed E-state index contributed by atoms with van der Waals surface area (Å²) in [5, 5.41) is 10.7. The van der Waals surface area contributed by atoms with Gasteiger partial charge in [-0.15, -0.1) is 0 Å². The fourth-order valence-electron chi connectivity index (χ4n) is 3.13. The van der Waals surface area contributed by atoms with E-state index in [4.69, 9.17) is 11.6 Å². The topological polar surface area (TPSA) is 35.8 Å². The van der Waals surface area contributed by atoms with E-state index in [1.54, 1.807) is 18.3 Å². The summed E-state index contributed by atoms with van der Waals surface area (Å²) in [6.07, 6.45) is 8.02. The van der Waals surface area contributed by atoms with Gasteiger partial charge >= 0.3 is 0 Å². The number of benzene rings is 1. The summed E-state index contributed by atoms with van der Waals surface area (Å²) >= 11 is 6.05. The minimum absolute atomic E-state index is 0.165. The number of hydrogen-bond acceptors (Lipinski definition) is 3. The first kappa shape index (κ1) is 16.3. The first-order valence-electron chi connectivity index (χ1n) is 7.61. The van der Waals surface area contributed by atoms with Gasteiger partial charge in [0.25, 0.3) is 0 Å². The summed E-state index contributed by atoms with van der Waals surface area (Å²) in [6.45, 7) is 2.62. The highest BCUT2D eigenvalue weighted by molar-refractivity contribution is 6.31. The number of aromatic hydroxyl groups is 1. The van der Waals surface area contributed by atoms with Crippen LogP contribution in [0.5, 0.6) is 5.75 Å². The van der Waals surface area contributed by atoms with Crippen molar-refractivity contribution < 1.29 is 5.11 Å². The zero-order valence-corrected chi connectivity index (χ0v) is 14.0. The van der Waals surface area contributed by atoms with Crippen molar-refractivity contribution in [2.75, 3.05) is 20.6 Å². The van der Waals surface area contributed by atoms with Gasteiger partial charge in [-0.25, -0.2) is 0 Å². The second kappa shape index (κ2) is 6.80. The SMILES string of the molecule is Cc1cc(Cl)cc(/C=N/CC2(N(C)C)CCCCC2)c1O. The molecule has 1 aliphatic rings. The number of phenolic OH excluding ortho intramolecular Hbond substituents is 1. The van der Waals surface area contributed by atoms with Crippen molar-refractivity contribution in [1.82, 2.24) is 4.90 Å². The Labute approximate surface area is 132 Å². The lowest BCUT2D eigenvalue weighted by Gasteiger charge is -2.41. The van der Waals surface area contributed by atoms with Crippen LogP contribution in [0.1, 0.15) is 43.2 Å². The third kappa shape index (κ3) is 3.78. The highest BCUT2D eigenvalue weighted by Gasteiger charge is 2.33. The number of hydrogen-bond donors (Lipinski definition) is 1. The Hall–Kier alpha value is -1.06. The summed E-state index contributed by atoms with van der Waals surface area (Å²) in [7, 11) is 4.28. The minimum atomic E-state index is 0.165. The minimum Gasteiger partial charge on any atom is -0.507 e. The van der Waals surface area contributed by atoms with Crippen LogP contribution in [0.2, 0.25) is 5.02 Å². The van der Waals surface area contributed by atoms with E-state index in [0.717, 1.165) is 12.1 Å². The van der Waals surface area contributed by atoms with Crippen molar-refractivity contribution in [3.63, 3.8) is 0 Å². The molecule has 1 fully saturated rings. The number of likely N-dealkylation sites (N-methyl/N-ethyl adjacent to an activating group) is 1. The fraction of sp³-hybridized carbons (Fsp3) is 0.588. The molecule has 2 rings (SSSR count). The van der Waals surface area contributed by atoms with E-state index in [-0.39, 0.29) is 11.3 Å². The zero-order valence-electron chi connectivity index (χ0n) is 13.2. The summed E-state index contributed by atoms with van der Waals surface area (Å²) in [5.74, 6) is 0.269. The normalized spacial score (nSPS) is 18.5. The lowest BCUT2D eigenvalue weighted by Crippen LogP contribution is -2.48. The molecule has 0 radical (unpaired) electrons. The van der Waals surface area contributed by atoms with Crippen LogP contribution in [0.4, 0.5) is 0 Å². The van der Waals surface area contributed by atoms with Gasteiger partial charge in [-0.2, -0.15) is 0 Å². The number of aryl methyl sites for hydroxylation is 1. The van der Waals surface area contributed by atoms with Gasteiger partial charge in [0, 0.05) is 22.3 Å². The molecule has 0 spiro atoms. The van der Waals surface area contributed by atoms with Crippen molar-refractivity contribution >= 4 is 17.8 Å². The van der Waals surface area contributed by atoms with Crippen molar-refractivity contribution in [2.45, 2.75) is 44.6 Å². The third-order valence-corrected chi connectivity index (χ3v) is 4.86. The van der Waals surface area contributed by atoms with Crippen LogP contribution in [0.15, 0.2) is 17.1 Å². The molecule has 1 N–H and O–H groups in total. The predicted octanol–water partition coefficient (Wildman–Crippen LogP) is 4.04. The first-order chi connectivity index (χ1) is 9.94. The molecule has 3 nitrogen and oxygen atoms in total. The van der Waals surface area contributed by atoms with Gasteiger partial charge < -0.3 is 10.0 Å². The van der Waals surface area contributed by atoms with Gasteiger partial charge in [-0.1, -0.05) is 30.9 Å². The van der Waals surface area contributed by atoms with E-state index in [1.807, 2.05) is 6.92 Å². The van der Waals surface area contributed by atoms with Gasteiger partial charge in [-0.05, 0) is 51.6 Å². The van der Waals surface area contributed by atoms with Crippen LogP contribution < -0.4 is 0 Å². The fourth-order valence-corrected chi connectivity index (χ4v) is 3.41. The Kier molecular flexibility index (Phi) is 5.28. The highest BCUT2D eigenvalue weighted by Crippen LogP contribution is 2.32. The molecule has 0 bridgehead atoms. The number of rotatable bonds is 4. The second-order valence-electron chi connectivity index (χ2n) is 6.31. The number of nitrogens with zero attached hydrogens (tertiary/aromatic N) is 2. The molecular formula is C17H25ClN2O. The molecule has 0 amide bonds. The molecule has 0 unspecified atom stereocenters. The maximum Gasteiger partial charge on any atom is 0.127 e. The van der Waals surface area contributed by atoms with E-state index < -0.39 is 0 Å². The van der Waals surface area contributed by atoms with Crippen molar-refractivity contribution in [3.05, 3.63) is 28.3 Å². The summed E-state index contributed by atoms with van der Waals surface area (Å²) in [5.41, 5.74) is 1.64. The molecule has 116 valence electrons. The van der Waals surface area contributed by atoms with Crippen LogP contribution in [0.3, 0.4) is 0 Å². The average molecular weight is 309 g/mol. The molecule has 1 aromatic rings. The van der Waals surface area contributed by atoms with Gasteiger partial charge in [-0.3, -0.25) is 4.99 Å². The molecule has 4 heteroatoms. The van der Waals surface area contributed by atoms with Crippen molar-refractivity contribution in [2.24, 2.45) is 4.99 Å². The van der Waals surface area contributed by atoms with E-state index in [2.05, 4.69) is 24.0 Å². The molecule has 0 saturated heterocycles. The highest BCUT2D eigenvalue weighted by atomic mass is 35.5. The quantitative estimate of drug-likeness (QED) is 0.852. The molecule has 21 heavy (non-hydrogen) atoms. The lowest BCUT2D eigenvalue weighted by atomic mass is 9.81. The van der Waals surface area contributed by atoms with Gasteiger partial charge in [0.05, 0.1) is 6.54 Å². The van der Waals surface area contributed by atoms with E-state index >= 15 is 0 Å². The first-order valence-corrected chi connectivity index (χ1v) is 7.99. The predicted molar refractivity (Wildman–Crippen MR) is 89.8 cm³/mol. The molecule has 0 heterocycles. The molecule has 1 saturated carbocycles. The second-order valence-corrected chi connectivity index (χ2v) is 6.75. The average Bonchev–Trinajstić information content (AvgIpc) is 2.45. The molecule has 0 aliphatic heterocycles. The number of aliphatic imine (C=N–C) groups is 1.